The number of halogens is 1. The molecule has 0 saturated carbocycles. The van der Waals surface area contributed by atoms with Crippen LogP contribution in [-0.4, -0.2) is 18.3 Å². The molecule has 0 amide bonds. The lowest BCUT2D eigenvalue weighted by Crippen LogP contribution is -2.13. The summed E-state index contributed by atoms with van der Waals surface area (Å²) in [7, 11) is -2.82. The van der Waals surface area contributed by atoms with Crippen LogP contribution in [-0.2, 0) is 9.84 Å². The summed E-state index contributed by atoms with van der Waals surface area (Å²) in [6.07, 6.45) is 0. The highest BCUT2D eigenvalue weighted by Crippen LogP contribution is 2.02. The van der Waals surface area contributed by atoms with Gasteiger partial charge in [0.2, 0.25) is 0 Å². The van der Waals surface area contributed by atoms with Gasteiger partial charge in [-0.2, -0.15) is 0 Å². The Hall–Kier alpha value is 0.430. The lowest BCUT2D eigenvalue weighted by atomic mass is 10.6. The van der Waals surface area contributed by atoms with Gasteiger partial charge in [-0.05, 0) is 13.8 Å². The van der Waals surface area contributed by atoms with Crippen molar-refractivity contribution in [1.29, 1.82) is 0 Å². The van der Waals surface area contributed by atoms with Crippen LogP contribution in [0.1, 0.15) is 13.8 Å². The van der Waals surface area contributed by atoms with Crippen LogP contribution in [0, 0.1) is 0 Å². The van der Waals surface area contributed by atoms with E-state index in [9.17, 15) is 8.42 Å². The molecule has 0 atom stereocenters. The normalized spacial score (nSPS) is 12.5. The highest BCUT2D eigenvalue weighted by molar-refractivity contribution is 9.10. The molecule has 0 aromatic heterocycles. The summed E-state index contributed by atoms with van der Waals surface area (Å²) in [5.41, 5.74) is 0. The molecule has 2 nitrogen and oxygen atoms in total. The van der Waals surface area contributed by atoms with E-state index in [0.29, 0.717) is 0 Å². The van der Waals surface area contributed by atoms with Crippen molar-refractivity contribution in [1.82, 2.24) is 0 Å². The van der Waals surface area contributed by atoms with Crippen LogP contribution < -0.4 is 0 Å². The first-order valence-electron chi connectivity index (χ1n) is 2.28. The molecule has 0 heterocycles. The zero-order chi connectivity index (χ0) is 6.78. The third kappa shape index (κ3) is 2.13. The lowest BCUT2D eigenvalue weighted by Gasteiger charge is -2.00. The van der Waals surface area contributed by atoms with Crippen LogP contribution in [0.25, 0.3) is 0 Å². The fourth-order valence-corrected chi connectivity index (χ4v) is 1.96. The molecule has 0 bridgehead atoms. The van der Waals surface area contributed by atoms with Crippen molar-refractivity contribution in [2.75, 3.05) is 4.66 Å². The molecule has 0 aliphatic heterocycles. The quantitative estimate of drug-likeness (QED) is 0.628. The molecular formula is C4H9BrO2S. The molecule has 0 aromatic carbocycles. The Morgan fingerprint density at radius 2 is 1.88 bits per heavy atom. The molecule has 4 heteroatoms. The van der Waals surface area contributed by atoms with E-state index < -0.39 is 9.84 Å². The van der Waals surface area contributed by atoms with Crippen molar-refractivity contribution in [3.8, 4) is 0 Å². The second-order valence-corrected chi connectivity index (χ2v) is 5.68. The second kappa shape index (κ2) is 2.82. The average molecular weight is 201 g/mol. The minimum absolute atomic E-state index is 0.0671. The molecule has 8 heavy (non-hydrogen) atoms. The monoisotopic (exact) mass is 200 g/mol. The number of rotatable bonds is 2. The fraction of sp³-hybridized carbons (Fsp3) is 1.00. The predicted molar refractivity (Wildman–Crippen MR) is 37.8 cm³/mol. The van der Waals surface area contributed by atoms with Gasteiger partial charge in [0.15, 0.2) is 9.84 Å². The molecule has 0 saturated heterocycles. The zero-order valence-corrected chi connectivity index (χ0v) is 7.29. The smallest absolute Gasteiger partial charge is 0.162 e. The fourth-order valence-electron chi connectivity index (χ4n) is 0.126. The molecule has 0 aliphatic carbocycles. The summed E-state index contributed by atoms with van der Waals surface area (Å²) in [5, 5.41) is -0.262. The first-order valence-corrected chi connectivity index (χ1v) is 5.12. The third-order valence-corrected chi connectivity index (χ3v) is 4.53. The lowest BCUT2D eigenvalue weighted by molar-refractivity contribution is 0.592. The van der Waals surface area contributed by atoms with E-state index in [2.05, 4.69) is 15.9 Å². The Balaban J connectivity index is 4.17. The molecule has 0 spiro atoms. The van der Waals surface area contributed by atoms with Gasteiger partial charge in [0.25, 0.3) is 0 Å². The van der Waals surface area contributed by atoms with E-state index >= 15 is 0 Å². The largest absolute Gasteiger partial charge is 0.228 e. The van der Waals surface area contributed by atoms with Gasteiger partial charge in [0, 0.05) is 0 Å². The Labute approximate surface area is 58.3 Å². The Kier molecular flexibility index (Phi) is 2.98. The van der Waals surface area contributed by atoms with E-state index in [-0.39, 0.29) is 9.91 Å². The van der Waals surface area contributed by atoms with Gasteiger partial charge in [-0.3, -0.25) is 0 Å². The summed E-state index contributed by atoms with van der Waals surface area (Å²) >= 11 is 2.88. The maximum atomic E-state index is 10.7. The Bertz CT molecular complexity index is 147. The van der Waals surface area contributed by atoms with E-state index in [0.717, 1.165) is 0 Å². The number of hydrogen-bond donors (Lipinski definition) is 0. The zero-order valence-electron chi connectivity index (χ0n) is 4.89. The van der Waals surface area contributed by atoms with Crippen molar-refractivity contribution in [2.24, 2.45) is 0 Å². The number of hydrogen-bond acceptors (Lipinski definition) is 2. The molecule has 0 rings (SSSR count). The third-order valence-electron chi connectivity index (χ3n) is 0.870. The van der Waals surface area contributed by atoms with Gasteiger partial charge < -0.3 is 0 Å². The topological polar surface area (TPSA) is 34.1 Å². The molecule has 50 valence electrons. The van der Waals surface area contributed by atoms with Gasteiger partial charge in [0.1, 0.15) is 4.66 Å². The predicted octanol–water partition coefficient (Wildman–Crippen LogP) is 1.16. The van der Waals surface area contributed by atoms with Crippen LogP contribution in [0.4, 0.5) is 0 Å². The van der Waals surface area contributed by atoms with E-state index in [1.54, 1.807) is 13.8 Å². The summed E-state index contributed by atoms with van der Waals surface area (Å²) in [5.74, 6) is 0. The second-order valence-electron chi connectivity index (χ2n) is 1.82. The number of sulfone groups is 1. The standard InChI is InChI=1S/C4H9BrO2S/c1-4(2)8(6,7)3-5/h4H,3H2,1-2H3. The first-order chi connectivity index (χ1) is 3.50. The Morgan fingerprint density at radius 1 is 1.50 bits per heavy atom. The van der Waals surface area contributed by atoms with Gasteiger partial charge in [-0.1, -0.05) is 15.9 Å². The van der Waals surface area contributed by atoms with Gasteiger partial charge in [0.05, 0.1) is 5.25 Å². The SMILES string of the molecule is CC(C)S(=O)(=O)CBr. The van der Waals surface area contributed by atoms with Gasteiger partial charge >= 0.3 is 0 Å². The summed E-state index contributed by atoms with van der Waals surface area (Å²) in [6.45, 7) is 3.33. The van der Waals surface area contributed by atoms with Crippen LogP contribution in [0.3, 0.4) is 0 Å². The van der Waals surface area contributed by atoms with E-state index in [1.165, 1.54) is 0 Å². The van der Waals surface area contributed by atoms with Crippen LogP contribution in [0.5, 0.6) is 0 Å². The van der Waals surface area contributed by atoms with Crippen molar-refractivity contribution in [3.63, 3.8) is 0 Å². The maximum Gasteiger partial charge on any atom is 0.162 e. The van der Waals surface area contributed by atoms with Crippen LogP contribution in [0.2, 0.25) is 0 Å². The van der Waals surface area contributed by atoms with Crippen molar-refractivity contribution in [2.45, 2.75) is 19.1 Å². The Morgan fingerprint density at radius 3 is 1.88 bits per heavy atom. The molecule has 0 N–H and O–H groups in total. The summed E-state index contributed by atoms with van der Waals surface area (Å²) in [4.78, 5) is 0. The minimum atomic E-state index is -2.82. The molecule has 0 radical (unpaired) electrons. The average Bonchev–Trinajstić information content (AvgIpc) is 1.67. The van der Waals surface area contributed by atoms with Crippen molar-refractivity contribution >= 4 is 25.8 Å². The summed E-state index contributed by atoms with van der Waals surface area (Å²) in [6, 6.07) is 0. The molecule has 0 aromatic rings. The minimum Gasteiger partial charge on any atom is -0.228 e. The molecule has 0 aliphatic rings. The first kappa shape index (κ1) is 8.43. The van der Waals surface area contributed by atoms with Gasteiger partial charge in [-0.25, -0.2) is 8.42 Å². The van der Waals surface area contributed by atoms with E-state index in [4.69, 9.17) is 0 Å². The van der Waals surface area contributed by atoms with E-state index in [1.807, 2.05) is 0 Å². The highest BCUT2D eigenvalue weighted by atomic mass is 79.9. The number of alkyl halides is 1. The molecule has 0 unspecified atom stereocenters. The molecular weight excluding hydrogens is 192 g/mol. The highest BCUT2D eigenvalue weighted by Gasteiger charge is 2.12. The van der Waals surface area contributed by atoms with Crippen molar-refractivity contribution < 1.29 is 8.42 Å². The summed E-state index contributed by atoms with van der Waals surface area (Å²) < 4.78 is 21.4. The molecule has 0 fully saturated rings. The van der Waals surface area contributed by atoms with Crippen molar-refractivity contribution in [3.05, 3.63) is 0 Å². The van der Waals surface area contributed by atoms with Crippen LogP contribution in [0.15, 0.2) is 0 Å². The van der Waals surface area contributed by atoms with Crippen LogP contribution >= 0.6 is 15.9 Å². The maximum absolute atomic E-state index is 10.7. The van der Waals surface area contributed by atoms with Gasteiger partial charge in [-0.15, -0.1) is 0 Å².